The summed E-state index contributed by atoms with van der Waals surface area (Å²) in [5.41, 5.74) is 1.68. The van der Waals surface area contributed by atoms with Gasteiger partial charge in [-0.05, 0) is 44.1 Å². The predicted molar refractivity (Wildman–Crippen MR) is 70.7 cm³/mol. The first-order chi connectivity index (χ1) is 7.30. The Kier molecular flexibility index (Phi) is 3.48. The number of ether oxygens (including phenoxy) is 1. The minimum absolute atomic E-state index is 0. The van der Waals surface area contributed by atoms with Crippen LogP contribution in [-0.4, -0.2) is 19.7 Å². The molecule has 88 valence electrons. The zero-order valence-electron chi connectivity index (χ0n) is 8.96. The molecular formula is C12H15BrClNO. The maximum atomic E-state index is 5.80. The summed E-state index contributed by atoms with van der Waals surface area (Å²) in [6.45, 7) is 3.07. The number of nitrogens with one attached hydrogen (secondary N) is 1. The van der Waals surface area contributed by atoms with E-state index in [1.165, 1.54) is 18.4 Å². The zero-order valence-corrected chi connectivity index (χ0v) is 11.4. The predicted octanol–water partition coefficient (Wildman–Crippen LogP) is 2.88. The summed E-state index contributed by atoms with van der Waals surface area (Å²) in [7, 11) is 0. The Morgan fingerprint density at radius 3 is 2.75 bits per heavy atom. The summed E-state index contributed by atoms with van der Waals surface area (Å²) in [6.07, 6.45) is 2.38. The Balaban J connectivity index is 0.000000963. The number of piperidine rings is 1. The lowest BCUT2D eigenvalue weighted by Gasteiger charge is -2.32. The van der Waals surface area contributed by atoms with Crippen LogP contribution in [0.25, 0.3) is 0 Å². The molecule has 1 spiro atoms. The van der Waals surface area contributed by atoms with Crippen molar-refractivity contribution in [3.8, 4) is 5.75 Å². The van der Waals surface area contributed by atoms with E-state index in [1.807, 2.05) is 0 Å². The summed E-state index contributed by atoms with van der Waals surface area (Å²) in [5, 5.41) is 3.41. The van der Waals surface area contributed by atoms with Crippen LogP contribution in [-0.2, 0) is 5.41 Å². The summed E-state index contributed by atoms with van der Waals surface area (Å²) in [4.78, 5) is 0. The molecule has 1 fully saturated rings. The molecule has 2 aliphatic heterocycles. The first-order valence-corrected chi connectivity index (χ1v) is 6.23. The Hall–Kier alpha value is -0.250. The van der Waals surface area contributed by atoms with Crippen LogP contribution in [0.2, 0.25) is 0 Å². The standard InChI is InChI=1S/C12H14BrNO.ClH/c13-9-1-2-11-10(7-9)12(8-15-11)3-5-14-6-4-12;/h1-2,7,14H,3-6,8H2;1H. The van der Waals surface area contributed by atoms with Crippen LogP contribution >= 0.6 is 28.3 Å². The third-order valence-electron chi connectivity index (χ3n) is 3.58. The number of halogens is 2. The Labute approximate surface area is 110 Å². The van der Waals surface area contributed by atoms with Gasteiger partial charge in [-0.25, -0.2) is 0 Å². The molecule has 2 aliphatic rings. The number of benzene rings is 1. The molecular weight excluding hydrogens is 289 g/mol. The third-order valence-corrected chi connectivity index (χ3v) is 4.07. The van der Waals surface area contributed by atoms with E-state index in [1.54, 1.807) is 0 Å². The van der Waals surface area contributed by atoms with Crippen LogP contribution in [0.15, 0.2) is 22.7 Å². The van der Waals surface area contributed by atoms with Crippen molar-refractivity contribution in [1.82, 2.24) is 5.32 Å². The van der Waals surface area contributed by atoms with Crippen molar-refractivity contribution in [2.75, 3.05) is 19.7 Å². The van der Waals surface area contributed by atoms with Gasteiger partial charge in [0.25, 0.3) is 0 Å². The van der Waals surface area contributed by atoms with Gasteiger partial charge in [-0.3, -0.25) is 0 Å². The van der Waals surface area contributed by atoms with E-state index in [9.17, 15) is 0 Å². The molecule has 0 aromatic heterocycles. The molecule has 1 N–H and O–H groups in total. The average Bonchev–Trinajstić information content (AvgIpc) is 2.59. The fourth-order valence-electron chi connectivity index (χ4n) is 2.66. The van der Waals surface area contributed by atoms with E-state index < -0.39 is 0 Å². The first kappa shape index (κ1) is 12.2. The molecule has 0 atom stereocenters. The Morgan fingerprint density at radius 1 is 1.25 bits per heavy atom. The Bertz CT molecular complexity index is 385. The van der Waals surface area contributed by atoms with Crippen LogP contribution in [0.3, 0.4) is 0 Å². The van der Waals surface area contributed by atoms with Crippen LogP contribution < -0.4 is 10.1 Å². The van der Waals surface area contributed by atoms with Gasteiger partial charge in [0.2, 0.25) is 0 Å². The lowest BCUT2D eigenvalue weighted by Crippen LogP contribution is -2.40. The van der Waals surface area contributed by atoms with E-state index in [0.717, 1.165) is 29.9 Å². The normalized spacial score (nSPS) is 21.1. The second kappa shape index (κ2) is 4.55. The van der Waals surface area contributed by atoms with Crippen LogP contribution in [0.4, 0.5) is 0 Å². The fraction of sp³-hybridized carbons (Fsp3) is 0.500. The van der Waals surface area contributed by atoms with E-state index in [-0.39, 0.29) is 17.8 Å². The van der Waals surface area contributed by atoms with Gasteiger partial charge in [0.05, 0.1) is 6.61 Å². The maximum absolute atomic E-state index is 5.80. The minimum Gasteiger partial charge on any atom is -0.492 e. The molecule has 1 aromatic carbocycles. The summed E-state index contributed by atoms with van der Waals surface area (Å²) in [5.74, 6) is 1.08. The molecule has 0 saturated carbocycles. The second-order valence-electron chi connectivity index (χ2n) is 4.46. The quantitative estimate of drug-likeness (QED) is 0.796. The van der Waals surface area contributed by atoms with Crippen LogP contribution in [0.5, 0.6) is 5.75 Å². The summed E-state index contributed by atoms with van der Waals surface area (Å²) >= 11 is 3.54. The van der Waals surface area contributed by atoms with Crippen LogP contribution in [0, 0.1) is 0 Å². The average molecular weight is 305 g/mol. The molecule has 3 rings (SSSR count). The molecule has 0 bridgehead atoms. The molecule has 1 aromatic rings. The SMILES string of the molecule is Brc1ccc2c(c1)C1(CCNCC1)CO2.Cl. The van der Waals surface area contributed by atoms with Crippen molar-refractivity contribution in [1.29, 1.82) is 0 Å². The molecule has 16 heavy (non-hydrogen) atoms. The van der Waals surface area contributed by atoms with E-state index in [0.29, 0.717) is 0 Å². The molecule has 0 aliphatic carbocycles. The molecule has 1 saturated heterocycles. The van der Waals surface area contributed by atoms with Gasteiger partial charge in [0, 0.05) is 15.5 Å². The monoisotopic (exact) mass is 303 g/mol. The van der Waals surface area contributed by atoms with Gasteiger partial charge in [0.1, 0.15) is 5.75 Å². The molecule has 0 radical (unpaired) electrons. The van der Waals surface area contributed by atoms with Crippen molar-refractivity contribution in [2.24, 2.45) is 0 Å². The van der Waals surface area contributed by atoms with Gasteiger partial charge in [0.15, 0.2) is 0 Å². The van der Waals surface area contributed by atoms with E-state index in [4.69, 9.17) is 4.74 Å². The van der Waals surface area contributed by atoms with Crippen molar-refractivity contribution in [3.05, 3.63) is 28.2 Å². The van der Waals surface area contributed by atoms with Gasteiger partial charge >= 0.3 is 0 Å². The minimum atomic E-state index is 0. The van der Waals surface area contributed by atoms with Gasteiger partial charge in [-0.1, -0.05) is 15.9 Å². The van der Waals surface area contributed by atoms with Crippen molar-refractivity contribution in [2.45, 2.75) is 18.3 Å². The highest BCUT2D eigenvalue weighted by Crippen LogP contribution is 2.45. The number of hydrogen-bond donors (Lipinski definition) is 1. The van der Waals surface area contributed by atoms with Crippen molar-refractivity contribution in [3.63, 3.8) is 0 Å². The molecule has 2 nitrogen and oxygen atoms in total. The number of rotatable bonds is 0. The maximum Gasteiger partial charge on any atom is 0.123 e. The smallest absolute Gasteiger partial charge is 0.123 e. The first-order valence-electron chi connectivity index (χ1n) is 5.44. The molecule has 4 heteroatoms. The summed E-state index contributed by atoms with van der Waals surface area (Å²) in [6, 6.07) is 6.36. The fourth-order valence-corrected chi connectivity index (χ4v) is 3.02. The summed E-state index contributed by atoms with van der Waals surface area (Å²) < 4.78 is 6.96. The number of hydrogen-bond acceptors (Lipinski definition) is 2. The highest BCUT2D eigenvalue weighted by Gasteiger charge is 2.41. The van der Waals surface area contributed by atoms with Crippen LogP contribution in [0.1, 0.15) is 18.4 Å². The van der Waals surface area contributed by atoms with Crippen molar-refractivity contribution >= 4 is 28.3 Å². The van der Waals surface area contributed by atoms with E-state index >= 15 is 0 Å². The highest BCUT2D eigenvalue weighted by molar-refractivity contribution is 9.10. The van der Waals surface area contributed by atoms with Gasteiger partial charge < -0.3 is 10.1 Å². The van der Waals surface area contributed by atoms with E-state index in [2.05, 4.69) is 39.4 Å². The Morgan fingerprint density at radius 2 is 2.00 bits per heavy atom. The zero-order chi connectivity index (χ0) is 10.3. The molecule has 0 unspecified atom stereocenters. The second-order valence-corrected chi connectivity index (χ2v) is 5.38. The number of fused-ring (bicyclic) bond motifs is 2. The highest BCUT2D eigenvalue weighted by atomic mass is 79.9. The molecule has 2 heterocycles. The van der Waals surface area contributed by atoms with Gasteiger partial charge in [-0.15, -0.1) is 12.4 Å². The van der Waals surface area contributed by atoms with Crippen molar-refractivity contribution < 1.29 is 4.74 Å². The lowest BCUT2D eigenvalue weighted by molar-refractivity contribution is 0.220. The molecule has 0 amide bonds. The topological polar surface area (TPSA) is 21.3 Å². The largest absolute Gasteiger partial charge is 0.492 e. The third kappa shape index (κ3) is 1.85. The lowest BCUT2D eigenvalue weighted by atomic mass is 9.75. The van der Waals surface area contributed by atoms with Gasteiger partial charge in [-0.2, -0.15) is 0 Å².